The molecule has 3 heteroatoms. The molecule has 0 aromatic heterocycles. The van der Waals surface area contributed by atoms with Crippen molar-refractivity contribution in [3.63, 3.8) is 0 Å². The molecule has 1 unspecified atom stereocenters. The number of hydrogen-bond acceptors (Lipinski definition) is 2. The van der Waals surface area contributed by atoms with Gasteiger partial charge in [0, 0.05) is 0 Å². The van der Waals surface area contributed by atoms with E-state index in [1.807, 2.05) is 37.3 Å². The van der Waals surface area contributed by atoms with Crippen molar-refractivity contribution in [1.29, 1.82) is 0 Å². The fourth-order valence-corrected chi connectivity index (χ4v) is 1.63. The molecule has 0 saturated carbocycles. The Bertz CT molecular complexity index is 308. The van der Waals surface area contributed by atoms with Crippen molar-refractivity contribution < 1.29 is 15.0 Å². The maximum Gasteiger partial charge on any atom is 0.332 e. The summed E-state index contributed by atoms with van der Waals surface area (Å²) < 4.78 is 0. The van der Waals surface area contributed by atoms with Crippen LogP contribution in [0.2, 0.25) is 0 Å². The number of carboxylic acids is 1. The Morgan fingerprint density at radius 1 is 1.33 bits per heavy atom. The highest BCUT2D eigenvalue weighted by atomic mass is 16.4. The molecule has 1 aromatic rings. The van der Waals surface area contributed by atoms with E-state index in [9.17, 15) is 9.90 Å². The first-order valence-corrected chi connectivity index (χ1v) is 5.11. The van der Waals surface area contributed by atoms with Crippen LogP contribution in [0.25, 0.3) is 0 Å². The van der Waals surface area contributed by atoms with Crippen molar-refractivity contribution in [2.75, 3.05) is 0 Å². The molecular weight excluding hydrogens is 192 g/mol. The van der Waals surface area contributed by atoms with Gasteiger partial charge in [-0.3, -0.25) is 0 Å². The summed E-state index contributed by atoms with van der Waals surface area (Å²) in [5.41, 5.74) is 1.08. The van der Waals surface area contributed by atoms with Gasteiger partial charge in [0.05, 0.1) is 0 Å². The van der Waals surface area contributed by atoms with Crippen molar-refractivity contribution in [2.24, 2.45) is 0 Å². The first-order chi connectivity index (χ1) is 7.15. The zero-order chi connectivity index (χ0) is 11.3. The van der Waals surface area contributed by atoms with Crippen LogP contribution in [0.1, 0.15) is 31.2 Å². The summed E-state index contributed by atoms with van der Waals surface area (Å²) in [6.07, 6.45) is -0.167. The normalized spacial score (nSPS) is 14.5. The molecule has 15 heavy (non-hydrogen) atoms. The van der Waals surface area contributed by atoms with Gasteiger partial charge in [0.2, 0.25) is 0 Å². The maximum atomic E-state index is 10.5. The molecule has 0 amide bonds. The lowest BCUT2D eigenvalue weighted by atomic mass is 9.91. The predicted molar refractivity (Wildman–Crippen MR) is 57.7 cm³/mol. The molecule has 0 fully saturated rings. The largest absolute Gasteiger partial charge is 0.479 e. The van der Waals surface area contributed by atoms with Crippen molar-refractivity contribution in [1.82, 2.24) is 0 Å². The lowest BCUT2D eigenvalue weighted by Crippen LogP contribution is -2.22. The van der Waals surface area contributed by atoms with E-state index in [-0.39, 0.29) is 12.3 Å². The average Bonchev–Trinajstić information content (AvgIpc) is 2.26. The minimum atomic E-state index is -1.27. The number of carboxylic acid groups (broad SMARTS) is 1. The summed E-state index contributed by atoms with van der Waals surface area (Å²) in [4.78, 5) is 10.5. The van der Waals surface area contributed by atoms with Crippen LogP contribution in [0.3, 0.4) is 0 Å². The predicted octanol–water partition coefficient (Wildman–Crippen LogP) is 2.02. The second kappa shape index (κ2) is 5.51. The Labute approximate surface area is 89.4 Å². The van der Waals surface area contributed by atoms with Crippen LogP contribution in [0, 0.1) is 0 Å². The third-order valence-corrected chi connectivity index (χ3v) is 2.56. The minimum absolute atomic E-state index is 0.109. The SMILES string of the molecule is CCC(C[C@@H](O)C(=O)O)c1ccccc1. The van der Waals surface area contributed by atoms with Crippen LogP contribution < -0.4 is 0 Å². The van der Waals surface area contributed by atoms with E-state index >= 15 is 0 Å². The van der Waals surface area contributed by atoms with Gasteiger partial charge in [-0.1, -0.05) is 37.3 Å². The smallest absolute Gasteiger partial charge is 0.332 e. The first kappa shape index (κ1) is 11.7. The van der Waals surface area contributed by atoms with Crippen LogP contribution in [-0.4, -0.2) is 22.3 Å². The van der Waals surface area contributed by atoms with E-state index in [4.69, 9.17) is 5.11 Å². The molecule has 2 N–H and O–H groups in total. The molecule has 0 spiro atoms. The topological polar surface area (TPSA) is 57.5 Å². The monoisotopic (exact) mass is 208 g/mol. The van der Waals surface area contributed by atoms with Crippen LogP contribution in [0.4, 0.5) is 0 Å². The van der Waals surface area contributed by atoms with Gasteiger partial charge >= 0.3 is 5.97 Å². The van der Waals surface area contributed by atoms with Crippen LogP contribution in [0.15, 0.2) is 30.3 Å². The summed E-state index contributed by atoms with van der Waals surface area (Å²) in [5.74, 6) is -1.04. The summed E-state index contributed by atoms with van der Waals surface area (Å²) in [5, 5.41) is 17.9. The lowest BCUT2D eigenvalue weighted by Gasteiger charge is -2.16. The third-order valence-electron chi connectivity index (χ3n) is 2.56. The van der Waals surface area contributed by atoms with Crippen molar-refractivity contribution in [3.8, 4) is 0 Å². The van der Waals surface area contributed by atoms with Gasteiger partial charge in [-0.2, -0.15) is 0 Å². The zero-order valence-corrected chi connectivity index (χ0v) is 8.76. The molecule has 82 valence electrons. The summed E-state index contributed by atoms with van der Waals surface area (Å²) >= 11 is 0. The second-order valence-corrected chi connectivity index (χ2v) is 3.61. The number of aliphatic hydroxyl groups excluding tert-OH is 1. The number of carbonyl (C=O) groups is 1. The number of aliphatic carboxylic acids is 1. The highest BCUT2D eigenvalue weighted by Crippen LogP contribution is 2.24. The Balaban J connectivity index is 2.69. The van der Waals surface area contributed by atoms with E-state index in [1.54, 1.807) is 0 Å². The van der Waals surface area contributed by atoms with E-state index in [2.05, 4.69) is 0 Å². The molecule has 0 aliphatic heterocycles. The molecule has 0 aliphatic carbocycles. The molecule has 0 heterocycles. The number of benzene rings is 1. The second-order valence-electron chi connectivity index (χ2n) is 3.61. The number of rotatable bonds is 5. The summed E-state index contributed by atoms with van der Waals surface area (Å²) in [6, 6.07) is 9.69. The summed E-state index contributed by atoms with van der Waals surface area (Å²) in [7, 11) is 0. The standard InChI is InChI=1S/C12H16O3/c1-2-9(8-11(13)12(14)15)10-6-4-3-5-7-10/h3-7,9,11,13H,2,8H2,1H3,(H,14,15)/t9?,11-/m1/s1. The molecule has 1 aromatic carbocycles. The molecule has 0 aliphatic rings. The Kier molecular flexibility index (Phi) is 4.31. The van der Waals surface area contributed by atoms with Crippen molar-refractivity contribution >= 4 is 5.97 Å². The number of hydrogen-bond donors (Lipinski definition) is 2. The van der Waals surface area contributed by atoms with Gasteiger partial charge in [-0.25, -0.2) is 4.79 Å². The molecule has 3 nitrogen and oxygen atoms in total. The van der Waals surface area contributed by atoms with Gasteiger partial charge in [0.1, 0.15) is 0 Å². The minimum Gasteiger partial charge on any atom is -0.479 e. The Hall–Kier alpha value is -1.35. The molecular formula is C12H16O3. The van der Waals surface area contributed by atoms with Crippen LogP contribution >= 0.6 is 0 Å². The van der Waals surface area contributed by atoms with E-state index in [0.29, 0.717) is 0 Å². The molecule has 1 rings (SSSR count). The van der Waals surface area contributed by atoms with Gasteiger partial charge < -0.3 is 10.2 Å². The highest BCUT2D eigenvalue weighted by molar-refractivity contribution is 5.71. The first-order valence-electron chi connectivity index (χ1n) is 5.11. The van der Waals surface area contributed by atoms with Gasteiger partial charge in [-0.15, -0.1) is 0 Å². The highest BCUT2D eigenvalue weighted by Gasteiger charge is 2.19. The average molecular weight is 208 g/mol. The molecule has 0 saturated heterocycles. The Morgan fingerprint density at radius 2 is 1.93 bits per heavy atom. The lowest BCUT2D eigenvalue weighted by molar-refractivity contribution is -0.147. The van der Waals surface area contributed by atoms with Crippen molar-refractivity contribution in [2.45, 2.75) is 31.8 Å². The zero-order valence-electron chi connectivity index (χ0n) is 8.76. The van der Waals surface area contributed by atoms with E-state index < -0.39 is 12.1 Å². The van der Waals surface area contributed by atoms with Crippen molar-refractivity contribution in [3.05, 3.63) is 35.9 Å². The number of aliphatic hydroxyl groups is 1. The van der Waals surface area contributed by atoms with Gasteiger partial charge in [0.25, 0.3) is 0 Å². The molecule has 0 radical (unpaired) electrons. The quantitative estimate of drug-likeness (QED) is 0.778. The fourth-order valence-electron chi connectivity index (χ4n) is 1.63. The van der Waals surface area contributed by atoms with Gasteiger partial charge in [-0.05, 0) is 24.3 Å². The van der Waals surface area contributed by atoms with Crippen LogP contribution in [-0.2, 0) is 4.79 Å². The molecule has 2 atom stereocenters. The molecule has 0 bridgehead atoms. The van der Waals surface area contributed by atoms with Crippen LogP contribution in [0.5, 0.6) is 0 Å². The van der Waals surface area contributed by atoms with E-state index in [1.165, 1.54) is 0 Å². The summed E-state index contributed by atoms with van der Waals surface area (Å²) in [6.45, 7) is 1.99. The Morgan fingerprint density at radius 3 is 2.40 bits per heavy atom. The third kappa shape index (κ3) is 3.36. The fraction of sp³-hybridized carbons (Fsp3) is 0.417. The van der Waals surface area contributed by atoms with Gasteiger partial charge in [0.15, 0.2) is 6.10 Å². The maximum absolute atomic E-state index is 10.5. The van der Waals surface area contributed by atoms with E-state index in [0.717, 1.165) is 12.0 Å².